The summed E-state index contributed by atoms with van der Waals surface area (Å²) in [4.78, 5) is 39.7. The van der Waals surface area contributed by atoms with Gasteiger partial charge >= 0.3 is 5.69 Å². The molecule has 1 aromatic carbocycles. The fraction of sp³-hybridized carbons (Fsp3) is 0.188. The largest absolute Gasteiger partial charge is 0.325 e. The first-order valence-corrected chi connectivity index (χ1v) is 10.4. The molecule has 0 spiro atoms. The van der Waals surface area contributed by atoms with E-state index in [0.717, 1.165) is 11.3 Å². The van der Waals surface area contributed by atoms with Crippen LogP contribution in [0.3, 0.4) is 0 Å². The summed E-state index contributed by atoms with van der Waals surface area (Å²) in [5, 5.41) is 10.7. The van der Waals surface area contributed by atoms with Crippen LogP contribution in [0.2, 0.25) is 0 Å². The Morgan fingerprint density at radius 1 is 1.32 bits per heavy atom. The standard InChI is InChI=1S/C16H13BrFN5O3S2/c1-7-9(13(25)21-14(26)19-7)5-11(24)20-15-22-23-16(28-15)27-6-8-3-2-4-10(17)12(8)18/h2-4H,5-6H2,1H3,(H,20,22,24)(H2,19,21,25,26). The van der Waals surface area contributed by atoms with E-state index in [1.54, 1.807) is 25.1 Å². The normalized spacial score (nSPS) is 10.8. The highest BCUT2D eigenvalue weighted by Gasteiger charge is 2.14. The molecule has 0 unspecified atom stereocenters. The maximum atomic E-state index is 14.0. The molecule has 0 fully saturated rings. The van der Waals surface area contributed by atoms with Crippen LogP contribution in [0.15, 0.2) is 36.6 Å². The lowest BCUT2D eigenvalue weighted by Crippen LogP contribution is -2.29. The molecule has 3 N–H and O–H groups in total. The number of rotatable bonds is 6. The predicted octanol–water partition coefficient (Wildman–Crippen LogP) is 2.60. The summed E-state index contributed by atoms with van der Waals surface area (Å²) < 4.78 is 14.9. The maximum Gasteiger partial charge on any atom is 0.325 e. The van der Waals surface area contributed by atoms with Crippen molar-refractivity contribution in [2.75, 3.05) is 5.32 Å². The van der Waals surface area contributed by atoms with Crippen molar-refractivity contribution in [1.82, 2.24) is 20.2 Å². The van der Waals surface area contributed by atoms with Gasteiger partial charge in [0.25, 0.3) is 5.56 Å². The van der Waals surface area contributed by atoms with Gasteiger partial charge in [0.05, 0.1) is 10.9 Å². The van der Waals surface area contributed by atoms with Crippen molar-refractivity contribution < 1.29 is 9.18 Å². The van der Waals surface area contributed by atoms with Crippen molar-refractivity contribution >= 4 is 50.1 Å². The molecule has 8 nitrogen and oxygen atoms in total. The first-order valence-electron chi connectivity index (χ1n) is 7.84. The number of thioether (sulfide) groups is 1. The van der Waals surface area contributed by atoms with E-state index in [-0.39, 0.29) is 22.9 Å². The molecule has 0 saturated heterocycles. The molecule has 2 heterocycles. The quantitative estimate of drug-likeness (QED) is 0.364. The summed E-state index contributed by atoms with van der Waals surface area (Å²) in [6.07, 6.45) is -0.219. The van der Waals surface area contributed by atoms with Crippen LogP contribution < -0.4 is 16.6 Å². The summed E-state index contributed by atoms with van der Waals surface area (Å²) in [6, 6.07) is 5.05. The van der Waals surface area contributed by atoms with E-state index >= 15 is 0 Å². The van der Waals surface area contributed by atoms with Crippen LogP contribution >= 0.6 is 39.0 Å². The van der Waals surface area contributed by atoms with Crippen LogP contribution in [0.1, 0.15) is 16.8 Å². The minimum absolute atomic E-state index is 0.168. The topological polar surface area (TPSA) is 121 Å². The van der Waals surface area contributed by atoms with Crippen LogP contribution in [0.5, 0.6) is 0 Å². The lowest BCUT2D eigenvalue weighted by molar-refractivity contribution is -0.115. The maximum absolute atomic E-state index is 14.0. The van der Waals surface area contributed by atoms with Crippen molar-refractivity contribution in [2.24, 2.45) is 0 Å². The molecule has 0 aliphatic carbocycles. The molecule has 0 bridgehead atoms. The molecule has 0 radical (unpaired) electrons. The lowest BCUT2D eigenvalue weighted by atomic mass is 10.1. The van der Waals surface area contributed by atoms with E-state index in [1.165, 1.54) is 11.8 Å². The fourth-order valence-corrected chi connectivity index (χ4v) is 4.43. The number of carbonyl (C=O) groups excluding carboxylic acids is 1. The van der Waals surface area contributed by atoms with E-state index in [2.05, 4.69) is 41.4 Å². The van der Waals surface area contributed by atoms with E-state index in [4.69, 9.17) is 0 Å². The van der Waals surface area contributed by atoms with Crippen LogP contribution in [-0.2, 0) is 17.0 Å². The van der Waals surface area contributed by atoms with Crippen molar-refractivity contribution in [3.8, 4) is 0 Å². The van der Waals surface area contributed by atoms with Crippen molar-refractivity contribution in [2.45, 2.75) is 23.4 Å². The number of hydrogen-bond acceptors (Lipinski definition) is 7. The highest BCUT2D eigenvalue weighted by molar-refractivity contribution is 9.10. The Morgan fingerprint density at radius 2 is 2.11 bits per heavy atom. The second kappa shape index (κ2) is 8.80. The minimum Gasteiger partial charge on any atom is -0.311 e. The number of aromatic amines is 2. The van der Waals surface area contributed by atoms with Crippen molar-refractivity contribution in [3.05, 3.63) is 66.1 Å². The van der Waals surface area contributed by atoms with Gasteiger partial charge in [0.1, 0.15) is 5.82 Å². The fourth-order valence-electron chi connectivity index (χ4n) is 2.28. The Bertz CT molecular complexity index is 1140. The van der Waals surface area contributed by atoms with Crippen LogP contribution in [0.25, 0.3) is 0 Å². The Kier molecular flexibility index (Phi) is 6.42. The summed E-state index contributed by atoms with van der Waals surface area (Å²) >= 11 is 5.58. The smallest absolute Gasteiger partial charge is 0.311 e. The van der Waals surface area contributed by atoms with Gasteiger partial charge in [0.15, 0.2) is 4.34 Å². The SMILES string of the molecule is Cc1[nH]c(=O)[nH]c(=O)c1CC(=O)Nc1nnc(SCc2cccc(Br)c2F)s1. The molecule has 0 atom stereocenters. The van der Waals surface area contributed by atoms with E-state index in [0.29, 0.717) is 25.8 Å². The van der Waals surface area contributed by atoms with Gasteiger partial charge < -0.3 is 10.3 Å². The van der Waals surface area contributed by atoms with E-state index in [1.807, 2.05) is 0 Å². The molecule has 28 heavy (non-hydrogen) atoms. The number of hydrogen-bond donors (Lipinski definition) is 3. The van der Waals surface area contributed by atoms with Gasteiger partial charge in [0.2, 0.25) is 11.0 Å². The number of nitrogens with zero attached hydrogens (tertiary/aromatic N) is 2. The molecule has 2 aromatic heterocycles. The third-order valence-corrected chi connectivity index (χ3v) is 6.26. The van der Waals surface area contributed by atoms with E-state index in [9.17, 15) is 18.8 Å². The highest BCUT2D eigenvalue weighted by Crippen LogP contribution is 2.30. The average molecular weight is 486 g/mol. The minimum atomic E-state index is -0.626. The zero-order chi connectivity index (χ0) is 20.3. The molecular formula is C16H13BrFN5O3S2. The molecule has 3 rings (SSSR count). The number of aromatic nitrogens is 4. The third kappa shape index (κ3) is 4.94. The van der Waals surface area contributed by atoms with Crippen molar-refractivity contribution in [1.29, 1.82) is 0 Å². The van der Waals surface area contributed by atoms with Crippen LogP contribution in [0, 0.1) is 12.7 Å². The highest BCUT2D eigenvalue weighted by atomic mass is 79.9. The summed E-state index contributed by atoms with van der Waals surface area (Å²) in [6.45, 7) is 1.54. The molecule has 0 aliphatic heterocycles. The molecule has 3 aromatic rings. The zero-order valence-electron chi connectivity index (χ0n) is 14.3. The Labute approximate surface area is 174 Å². The number of amides is 1. The van der Waals surface area contributed by atoms with Gasteiger partial charge in [-0.3, -0.25) is 14.6 Å². The number of anilines is 1. The molecular weight excluding hydrogens is 473 g/mol. The third-order valence-electron chi connectivity index (χ3n) is 3.63. The summed E-state index contributed by atoms with van der Waals surface area (Å²) in [5.74, 6) is -0.430. The van der Waals surface area contributed by atoms with Gasteiger partial charge in [-0.2, -0.15) is 0 Å². The first-order chi connectivity index (χ1) is 13.3. The molecule has 1 amide bonds. The van der Waals surface area contributed by atoms with Crippen LogP contribution in [-0.4, -0.2) is 26.1 Å². The number of H-pyrrole nitrogens is 2. The molecule has 0 saturated carbocycles. The average Bonchev–Trinajstić information content (AvgIpc) is 3.06. The van der Waals surface area contributed by atoms with Gasteiger partial charge in [-0.25, -0.2) is 9.18 Å². The predicted molar refractivity (Wildman–Crippen MR) is 108 cm³/mol. The molecule has 146 valence electrons. The van der Waals surface area contributed by atoms with E-state index < -0.39 is 17.2 Å². The number of aryl methyl sites for hydroxylation is 1. The summed E-state index contributed by atoms with van der Waals surface area (Å²) in [5.41, 5.74) is -0.219. The van der Waals surface area contributed by atoms with Gasteiger partial charge in [-0.15, -0.1) is 10.2 Å². The molecule has 12 heteroatoms. The number of carbonyl (C=O) groups is 1. The molecule has 0 aliphatic rings. The monoisotopic (exact) mass is 485 g/mol. The van der Waals surface area contributed by atoms with Crippen LogP contribution in [0.4, 0.5) is 9.52 Å². The van der Waals surface area contributed by atoms with Gasteiger partial charge in [-0.1, -0.05) is 35.2 Å². The number of nitrogens with one attached hydrogen (secondary N) is 3. The van der Waals surface area contributed by atoms with Gasteiger partial charge in [-0.05, 0) is 34.5 Å². The Balaban J connectivity index is 1.61. The number of halogens is 2. The second-order valence-electron chi connectivity index (χ2n) is 5.61. The Morgan fingerprint density at radius 3 is 2.86 bits per heavy atom. The summed E-state index contributed by atoms with van der Waals surface area (Å²) in [7, 11) is 0. The first kappa shape index (κ1) is 20.4. The Hall–Kier alpha value is -2.31. The second-order valence-corrected chi connectivity index (χ2v) is 8.67. The van der Waals surface area contributed by atoms with Gasteiger partial charge in [0, 0.05) is 17.0 Å². The van der Waals surface area contributed by atoms with Crippen molar-refractivity contribution in [3.63, 3.8) is 0 Å². The zero-order valence-corrected chi connectivity index (χ0v) is 17.6. The number of benzene rings is 1. The lowest BCUT2D eigenvalue weighted by Gasteiger charge is -2.03.